The lowest BCUT2D eigenvalue weighted by Crippen LogP contribution is -2.14. The summed E-state index contributed by atoms with van der Waals surface area (Å²) in [5, 5.41) is 3.73. The van der Waals surface area contributed by atoms with Gasteiger partial charge in [0.1, 0.15) is 5.56 Å². The molecule has 0 spiro atoms. The minimum absolute atomic E-state index is 0.00231. The quantitative estimate of drug-likeness (QED) is 0.502. The Morgan fingerprint density at radius 3 is 2.45 bits per heavy atom. The third-order valence-corrected chi connectivity index (χ3v) is 4.59. The highest BCUT2D eigenvalue weighted by atomic mass is 19.4. The number of rotatable bonds is 7. The van der Waals surface area contributed by atoms with Gasteiger partial charge in [-0.1, -0.05) is 13.8 Å². The molecular weight excluding hydrogens is 415 g/mol. The van der Waals surface area contributed by atoms with Crippen molar-refractivity contribution in [3.8, 4) is 22.8 Å². The number of hydrogen-bond acceptors (Lipinski definition) is 6. The van der Waals surface area contributed by atoms with Gasteiger partial charge in [-0.05, 0) is 36.6 Å². The third-order valence-electron chi connectivity index (χ3n) is 4.59. The molecule has 0 atom stereocenters. The van der Waals surface area contributed by atoms with Crippen LogP contribution in [0.3, 0.4) is 0 Å². The van der Waals surface area contributed by atoms with Crippen molar-refractivity contribution in [1.29, 1.82) is 0 Å². The Morgan fingerprint density at radius 1 is 1.13 bits per heavy atom. The first-order valence-electron chi connectivity index (χ1n) is 9.51. The van der Waals surface area contributed by atoms with Gasteiger partial charge in [0.2, 0.25) is 0 Å². The molecule has 3 aromatic rings. The van der Waals surface area contributed by atoms with E-state index in [0.717, 1.165) is 12.3 Å². The lowest BCUT2D eigenvalue weighted by atomic mass is 10.1. The first kappa shape index (κ1) is 22.4. The largest absolute Gasteiger partial charge is 0.493 e. The number of hydrogen-bond donors (Lipinski definition) is 0. The van der Waals surface area contributed by atoms with E-state index >= 15 is 0 Å². The maximum Gasteiger partial charge on any atom is 0.433 e. The molecule has 166 valence electrons. The SMILES string of the molecule is COc1ccc(-c2cc(C(F)(F)F)n3ncc(C(=O)OCCC(C)C)c3n2)cc1OC. The Balaban J connectivity index is 2.12. The van der Waals surface area contributed by atoms with Crippen LogP contribution < -0.4 is 9.47 Å². The number of ether oxygens (including phenoxy) is 3. The molecule has 2 heterocycles. The molecule has 0 N–H and O–H groups in total. The second-order valence-corrected chi connectivity index (χ2v) is 7.21. The van der Waals surface area contributed by atoms with Gasteiger partial charge in [0.05, 0.1) is 32.7 Å². The van der Waals surface area contributed by atoms with E-state index < -0.39 is 17.8 Å². The lowest BCUT2D eigenvalue weighted by molar-refractivity contribution is -0.142. The van der Waals surface area contributed by atoms with Crippen LogP contribution >= 0.6 is 0 Å². The van der Waals surface area contributed by atoms with E-state index in [2.05, 4.69) is 10.1 Å². The summed E-state index contributed by atoms with van der Waals surface area (Å²) in [5.74, 6) is 0.281. The molecule has 0 radical (unpaired) electrons. The van der Waals surface area contributed by atoms with Crippen molar-refractivity contribution in [3.05, 3.63) is 41.7 Å². The third kappa shape index (κ3) is 4.73. The van der Waals surface area contributed by atoms with Gasteiger partial charge in [-0.2, -0.15) is 18.3 Å². The van der Waals surface area contributed by atoms with Crippen LogP contribution in [0.2, 0.25) is 0 Å². The Bertz CT molecular complexity index is 1090. The van der Waals surface area contributed by atoms with E-state index in [9.17, 15) is 18.0 Å². The summed E-state index contributed by atoms with van der Waals surface area (Å²) in [5.41, 5.74) is -1.10. The number of esters is 1. The van der Waals surface area contributed by atoms with Crippen LogP contribution in [0.15, 0.2) is 30.5 Å². The summed E-state index contributed by atoms with van der Waals surface area (Å²) in [4.78, 5) is 16.7. The van der Waals surface area contributed by atoms with Crippen molar-refractivity contribution in [3.63, 3.8) is 0 Å². The Kier molecular flexibility index (Phi) is 6.37. The van der Waals surface area contributed by atoms with Crippen molar-refractivity contribution in [2.24, 2.45) is 5.92 Å². The van der Waals surface area contributed by atoms with Gasteiger partial charge in [0, 0.05) is 5.56 Å². The highest BCUT2D eigenvalue weighted by Crippen LogP contribution is 2.35. The minimum atomic E-state index is -4.72. The molecule has 0 fully saturated rings. The lowest BCUT2D eigenvalue weighted by Gasteiger charge is -2.13. The van der Waals surface area contributed by atoms with Crippen molar-refractivity contribution in [1.82, 2.24) is 14.6 Å². The first-order chi connectivity index (χ1) is 14.7. The molecule has 10 heteroatoms. The molecule has 0 unspecified atom stereocenters. The van der Waals surface area contributed by atoms with Gasteiger partial charge in [-0.15, -0.1) is 0 Å². The summed E-state index contributed by atoms with van der Waals surface area (Å²) >= 11 is 0. The van der Waals surface area contributed by atoms with Gasteiger partial charge >= 0.3 is 12.1 Å². The number of carbonyl (C=O) groups excluding carboxylic acids is 1. The van der Waals surface area contributed by atoms with Crippen molar-refractivity contribution >= 4 is 11.6 Å². The van der Waals surface area contributed by atoms with E-state index in [1.54, 1.807) is 12.1 Å². The second-order valence-electron chi connectivity index (χ2n) is 7.21. The molecule has 1 aromatic carbocycles. The van der Waals surface area contributed by atoms with Crippen molar-refractivity contribution in [2.75, 3.05) is 20.8 Å². The van der Waals surface area contributed by atoms with E-state index in [1.807, 2.05) is 13.8 Å². The fourth-order valence-corrected chi connectivity index (χ4v) is 2.92. The topological polar surface area (TPSA) is 75.0 Å². The molecule has 0 aliphatic rings. The maximum absolute atomic E-state index is 13.7. The summed E-state index contributed by atoms with van der Waals surface area (Å²) < 4.78 is 57.4. The smallest absolute Gasteiger partial charge is 0.433 e. The molecule has 0 saturated heterocycles. The Hall–Kier alpha value is -3.30. The molecular formula is C21H22F3N3O4. The first-order valence-corrected chi connectivity index (χ1v) is 9.51. The fraction of sp³-hybridized carbons (Fsp3) is 0.381. The minimum Gasteiger partial charge on any atom is -0.493 e. The van der Waals surface area contributed by atoms with Crippen LogP contribution in [0.4, 0.5) is 13.2 Å². The van der Waals surface area contributed by atoms with Crippen LogP contribution in [-0.2, 0) is 10.9 Å². The number of nitrogens with zero attached hydrogens (tertiary/aromatic N) is 3. The highest BCUT2D eigenvalue weighted by Gasteiger charge is 2.36. The zero-order valence-electron chi connectivity index (χ0n) is 17.5. The Labute approximate surface area is 176 Å². The molecule has 0 aliphatic heterocycles. The van der Waals surface area contributed by atoms with E-state index in [-0.39, 0.29) is 23.5 Å². The van der Waals surface area contributed by atoms with Crippen LogP contribution in [0.1, 0.15) is 36.3 Å². The number of benzene rings is 1. The zero-order chi connectivity index (χ0) is 22.8. The van der Waals surface area contributed by atoms with E-state index in [4.69, 9.17) is 14.2 Å². The molecule has 7 nitrogen and oxygen atoms in total. The van der Waals surface area contributed by atoms with Gasteiger partial charge in [0.15, 0.2) is 22.8 Å². The number of halogens is 3. The molecule has 0 amide bonds. The zero-order valence-corrected chi connectivity index (χ0v) is 17.5. The van der Waals surface area contributed by atoms with Gasteiger partial charge in [-0.25, -0.2) is 14.3 Å². The predicted octanol–water partition coefficient (Wildman–Crippen LogP) is 4.64. The highest BCUT2D eigenvalue weighted by molar-refractivity contribution is 5.96. The number of methoxy groups -OCH3 is 2. The number of alkyl halides is 3. The van der Waals surface area contributed by atoms with Crippen LogP contribution in [0, 0.1) is 5.92 Å². The van der Waals surface area contributed by atoms with Crippen LogP contribution in [0.5, 0.6) is 11.5 Å². The van der Waals surface area contributed by atoms with Gasteiger partial charge < -0.3 is 14.2 Å². The summed E-state index contributed by atoms with van der Waals surface area (Å²) in [6, 6.07) is 5.49. The standard InChI is InChI=1S/C21H22F3N3O4/c1-12(2)7-8-31-20(28)14-11-25-27-18(21(22,23)24)10-15(26-19(14)27)13-5-6-16(29-3)17(9-13)30-4/h5-6,9-12H,7-8H2,1-4H3. The maximum atomic E-state index is 13.7. The van der Waals surface area contributed by atoms with Crippen molar-refractivity contribution in [2.45, 2.75) is 26.4 Å². The average Bonchev–Trinajstić information content (AvgIpc) is 3.15. The fourth-order valence-electron chi connectivity index (χ4n) is 2.92. The summed E-state index contributed by atoms with van der Waals surface area (Å²) in [6.07, 6.45) is -3.06. The monoisotopic (exact) mass is 437 g/mol. The molecule has 0 saturated carbocycles. The molecule has 0 bridgehead atoms. The number of aromatic nitrogens is 3. The van der Waals surface area contributed by atoms with Crippen LogP contribution in [0.25, 0.3) is 16.9 Å². The van der Waals surface area contributed by atoms with Gasteiger partial charge in [0.25, 0.3) is 0 Å². The van der Waals surface area contributed by atoms with Crippen molar-refractivity contribution < 1.29 is 32.2 Å². The van der Waals surface area contributed by atoms with Gasteiger partial charge in [-0.3, -0.25) is 0 Å². The average molecular weight is 437 g/mol. The number of carbonyl (C=O) groups is 1. The molecule has 31 heavy (non-hydrogen) atoms. The predicted molar refractivity (Wildman–Crippen MR) is 106 cm³/mol. The molecule has 0 aliphatic carbocycles. The second kappa shape index (κ2) is 8.83. The van der Waals surface area contributed by atoms with E-state index in [1.165, 1.54) is 20.3 Å². The molecule has 3 rings (SSSR count). The number of fused-ring (bicyclic) bond motifs is 1. The van der Waals surface area contributed by atoms with Crippen LogP contribution in [-0.4, -0.2) is 41.4 Å². The summed E-state index contributed by atoms with van der Waals surface area (Å²) in [6.45, 7) is 4.08. The normalized spacial score (nSPS) is 11.7. The van der Waals surface area contributed by atoms with E-state index in [0.29, 0.717) is 33.9 Å². The molecule has 2 aromatic heterocycles. The Morgan fingerprint density at radius 2 is 1.84 bits per heavy atom. The summed E-state index contributed by atoms with van der Waals surface area (Å²) in [7, 11) is 2.87.